The molecule has 1 fully saturated rings. The van der Waals surface area contributed by atoms with Crippen LogP contribution < -0.4 is 15.8 Å². The molecule has 0 radical (unpaired) electrons. The second-order valence-electron chi connectivity index (χ2n) is 4.87. The number of nitrogens with zero attached hydrogens (tertiary/aromatic N) is 3. The normalized spacial score (nSPS) is 17.4. The van der Waals surface area contributed by atoms with E-state index in [1.165, 1.54) is 12.3 Å². The van der Waals surface area contributed by atoms with E-state index in [2.05, 4.69) is 14.8 Å². The SMILES string of the molecule is NCCCN1CCN(c2ccc(S(N)(=O)=O)cn2)CC1. The molecule has 1 aliphatic heterocycles. The smallest absolute Gasteiger partial charge is 0.239 e. The highest BCUT2D eigenvalue weighted by atomic mass is 32.2. The summed E-state index contributed by atoms with van der Waals surface area (Å²) in [6.07, 6.45) is 2.33. The van der Waals surface area contributed by atoms with Crippen molar-refractivity contribution in [3.63, 3.8) is 0 Å². The molecule has 1 saturated heterocycles. The van der Waals surface area contributed by atoms with Crippen molar-refractivity contribution in [2.75, 3.05) is 44.2 Å². The van der Waals surface area contributed by atoms with Gasteiger partial charge in [0.05, 0.1) is 0 Å². The van der Waals surface area contributed by atoms with Crippen molar-refractivity contribution >= 4 is 15.8 Å². The van der Waals surface area contributed by atoms with Gasteiger partial charge in [-0.25, -0.2) is 18.5 Å². The van der Waals surface area contributed by atoms with Crippen molar-refractivity contribution in [2.24, 2.45) is 10.9 Å². The molecule has 0 spiro atoms. The van der Waals surface area contributed by atoms with Gasteiger partial charge in [-0.05, 0) is 31.6 Å². The molecule has 0 bridgehead atoms. The van der Waals surface area contributed by atoms with E-state index in [0.29, 0.717) is 0 Å². The summed E-state index contributed by atoms with van der Waals surface area (Å²) in [6.45, 7) is 5.45. The second kappa shape index (κ2) is 6.49. The monoisotopic (exact) mass is 299 g/mol. The first kappa shape index (κ1) is 15.2. The largest absolute Gasteiger partial charge is 0.354 e. The third-order valence-electron chi connectivity index (χ3n) is 3.42. The maximum absolute atomic E-state index is 11.2. The molecule has 20 heavy (non-hydrogen) atoms. The van der Waals surface area contributed by atoms with Crippen molar-refractivity contribution in [1.29, 1.82) is 0 Å². The van der Waals surface area contributed by atoms with Gasteiger partial charge in [-0.3, -0.25) is 4.90 Å². The third-order valence-corrected chi connectivity index (χ3v) is 4.32. The van der Waals surface area contributed by atoms with Crippen LogP contribution in [0, 0.1) is 0 Å². The Balaban J connectivity index is 1.94. The van der Waals surface area contributed by atoms with Crippen LogP contribution in [-0.4, -0.2) is 57.6 Å². The Labute approximate surface area is 119 Å². The van der Waals surface area contributed by atoms with Crippen molar-refractivity contribution in [3.05, 3.63) is 18.3 Å². The molecule has 0 amide bonds. The molecular formula is C12H21N5O2S. The standard InChI is InChI=1S/C12H21N5O2S/c13-4-1-5-16-6-8-17(9-7-16)12-3-2-11(10-15-12)20(14,18)19/h2-3,10H,1,4-9,13H2,(H2,14,18,19). The Hall–Kier alpha value is -1.22. The van der Waals surface area contributed by atoms with Crippen molar-refractivity contribution in [2.45, 2.75) is 11.3 Å². The van der Waals surface area contributed by atoms with E-state index in [1.807, 2.05) is 0 Å². The first-order valence-electron chi connectivity index (χ1n) is 6.67. The lowest BCUT2D eigenvalue weighted by molar-refractivity contribution is 0.256. The molecule has 0 saturated carbocycles. The van der Waals surface area contributed by atoms with Gasteiger partial charge >= 0.3 is 0 Å². The zero-order chi connectivity index (χ0) is 14.6. The fourth-order valence-corrected chi connectivity index (χ4v) is 2.70. The minimum atomic E-state index is -3.67. The number of nitrogens with two attached hydrogens (primary N) is 2. The number of sulfonamides is 1. The number of aromatic nitrogens is 1. The van der Waals surface area contributed by atoms with Crippen LogP contribution in [0.1, 0.15) is 6.42 Å². The van der Waals surface area contributed by atoms with Gasteiger partial charge in [0, 0.05) is 32.4 Å². The summed E-state index contributed by atoms with van der Waals surface area (Å²) in [5, 5.41) is 5.05. The molecule has 2 heterocycles. The minimum absolute atomic E-state index is 0.0443. The number of anilines is 1. The lowest BCUT2D eigenvalue weighted by atomic mass is 10.3. The highest BCUT2D eigenvalue weighted by Crippen LogP contribution is 2.15. The van der Waals surface area contributed by atoms with Crippen LogP contribution in [0.5, 0.6) is 0 Å². The van der Waals surface area contributed by atoms with Gasteiger partial charge in [-0.1, -0.05) is 0 Å². The lowest BCUT2D eigenvalue weighted by Gasteiger charge is -2.35. The molecule has 8 heteroatoms. The third kappa shape index (κ3) is 3.89. The van der Waals surface area contributed by atoms with E-state index in [9.17, 15) is 8.42 Å². The molecule has 4 N–H and O–H groups in total. The lowest BCUT2D eigenvalue weighted by Crippen LogP contribution is -2.47. The molecule has 7 nitrogen and oxygen atoms in total. The number of hydrogen-bond donors (Lipinski definition) is 2. The molecule has 1 aromatic rings. The molecule has 0 aromatic carbocycles. The summed E-state index contributed by atoms with van der Waals surface area (Å²) in [5.41, 5.74) is 5.51. The van der Waals surface area contributed by atoms with E-state index in [1.54, 1.807) is 6.07 Å². The zero-order valence-electron chi connectivity index (χ0n) is 11.4. The van der Waals surface area contributed by atoms with Crippen LogP contribution in [0.2, 0.25) is 0 Å². The molecule has 0 aliphatic carbocycles. The second-order valence-corrected chi connectivity index (χ2v) is 6.43. The highest BCUT2D eigenvalue weighted by Gasteiger charge is 2.18. The van der Waals surface area contributed by atoms with Gasteiger partial charge in [-0.2, -0.15) is 0 Å². The summed E-state index contributed by atoms with van der Waals surface area (Å²) in [4.78, 5) is 8.75. The Morgan fingerprint density at radius 3 is 2.40 bits per heavy atom. The van der Waals surface area contributed by atoms with Crippen LogP contribution in [0.15, 0.2) is 23.2 Å². The number of pyridine rings is 1. The van der Waals surface area contributed by atoms with Crippen LogP contribution in [-0.2, 0) is 10.0 Å². The van der Waals surface area contributed by atoms with Gasteiger partial charge in [0.25, 0.3) is 0 Å². The summed E-state index contributed by atoms with van der Waals surface area (Å²) >= 11 is 0. The van der Waals surface area contributed by atoms with Crippen LogP contribution >= 0.6 is 0 Å². The molecule has 112 valence electrons. The van der Waals surface area contributed by atoms with E-state index >= 15 is 0 Å². The fraction of sp³-hybridized carbons (Fsp3) is 0.583. The Morgan fingerprint density at radius 1 is 1.20 bits per heavy atom. The maximum Gasteiger partial charge on any atom is 0.239 e. The van der Waals surface area contributed by atoms with Crippen molar-refractivity contribution < 1.29 is 8.42 Å². The Kier molecular flexibility index (Phi) is 4.92. The summed E-state index contributed by atoms with van der Waals surface area (Å²) < 4.78 is 22.3. The molecule has 2 rings (SSSR count). The first-order valence-corrected chi connectivity index (χ1v) is 8.21. The summed E-state index contributed by atoms with van der Waals surface area (Å²) in [5.74, 6) is 0.788. The molecule has 1 aromatic heterocycles. The molecular weight excluding hydrogens is 278 g/mol. The van der Waals surface area contributed by atoms with Crippen LogP contribution in [0.4, 0.5) is 5.82 Å². The topological polar surface area (TPSA) is 106 Å². The average Bonchev–Trinajstić information content (AvgIpc) is 2.45. The zero-order valence-corrected chi connectivity index (χ0v) is 12.2. The average molecular weight is 299 g/mol. The Bertz CT molecular complexity index is 523. The van der Waals surface area contributed by atoms with Crippen molar-refractivity contribution in [1.82, 2.24) is 9.88 Å². The highest BCUT2D eigenvalue weighted by molar-refractivity contribution is 7.89. The number of primary sulfonamides is 1. The minimum Gasteiger partial charge on any atom is -0.354 e. The van der Waals surface area contributed by atoms with Crippen LogP contribution in [0.25, 0.3) is 0 Å². The number of piperazine rings is 1. The van der Waals surface area contributed by atoms with Gasteiger partial charge < -0.3 is 10.6 Å². The first-order chi connectivity index (χ1) is 9.50. The Morgan fingerprint density at radius 2 is 1.90 bits per heavy atom. The van der Waals surface area contributed by atoms with Gasteiger partial charge in [0.15, 0.2) is 0 Å². The maximum atomic E-state index is 11.2. The van der Waals surface area contributed by atoms with Gasteiger partial charge in [0.1, 0.15) is 10.7 Å². The fourth-order valence-electron chi connectivity index (χ4n) is 2.24. The number of hydrogen-bond acceptors (Lipinski definition) is 6. The molecule has 0 atom stereocenters. The van der Waals surface area contributed by atoms with Crippen LogP contribution in [0.3, 0.4) is 0 Å². The molecule has 0 unspecified atom stereocenters. The predicted molar refractivity (Wildman–Crippen MR) is 77.9 cm³/mol. The van der Waals surface area contributed by atoms with Crippen molar-refractivity contribution in [3.8, 4) is 0 Å². The molecule has 1 aliphatic rings. The quantitative estimate of drug-likeness (QED) is 0.737. The number of rotatable bonds is 5. The predicted octanol–water partition coefficient (Wildman–Crippen LogP) is -0.800. The summed E-state index contributed by atoms with van der Waals surface area (Å²) in [7, 11) is -3.67. The van der Waals surface area contributed by atoms with E-state index in [4.69, 9.17) is 10.9 Å². The van der Waals surface area contributed by atoms with E-state index in [0.717, 1.165) is 51.5 Å². The summed E-state index contributed by atoms with van der Waals surface area (Å²) in [6, 6.07) is 3.20. The van der Waals surface area contributed by atoms with E-state index in [-0.39, 0.29) is 4.90 Å². The van der Waals surface area contributed by atoms with Gasteiger partial charge in [0.2, 0.25) is 10.0 Å². The van der Waals surface area contributed by atoms with E-state index < -0.39 is 10.0 Å². The van der Waals surface area contributed by atoms with Gasteiger partial charge in [-0.15, -0.1) is 0 Å².